The highest BCUT2D eigenvalue weighted by Gasteiger charge is 2.54. The molecule has 0 saturated carbocycles. The molecule has 0 aromatic carbocycles. The maximum absolute atomic E-state index is 10.5. The zero-order valence-corrected chi connectivity index (χ0v) is 9.30. The standard InChI is InChI=1S/C10H20N2O3/c1-11(2)10(15)4-6-12-5-3-7(13)8(14)9(10)12/h7-9,13-15H,3-6H2,1-2H3. The van der Waals surface area contributed by atoms with Crippen LogP contribution >= 0.6 is 0 Å². The van der Waals surface area contributed by atoms with Crippen LogP contribution in [-0.2, 0) is 0 Å². The second-order valence-electron chi connectivity index (χ2n) is 4.85. The summed E-state index contributed by atoms with van der Waals surface area (Å²) >= 11 is 0. The summed E-state index contributed by atoms with van der Waals surface area (Å²) in [6.45, 7) is 1.53. The molecule has 2 fully saturated rings. The van der Waals surface area contributed by atoms with Crippen molar-refractivity contribution in [2.45, 2.75) is 36.8 Å². The van der Waals surface area contributed by atoms with Gasteiger partial charge in [-0.3, -0.25) is 9.80 Å². The van der Waals surface area contributed by atoms with Crippen molar-refractivity contribution in [3.63, 3.8) is 0 Å². The molecule has 4 atom stereocenters. The van der Waals surface area contributed by atoms with Crippen LogP contribution in [-0.4, -0.2) is 76.3 Å². The Morgan fingerprint density at radius 3 is 2.53 bits per heavy atom. The number of hydrogen-bond acceptors (Lipinski definition) is 5. The Kier molecular flexibility index (Phi) is 2.77. The van der Waals surface area contributed by atoms with Crippen LogP contribution in [0.15, 0.2) is 0 Å². The Labute approximate surface area is 89.9 Å². The molecule has 2 rings (SSSR count). The maximum atomic E-state index is 10.5. The third-order valence-corrected chi connectivity index (χ3v) is 3.84. The van der Waals surface area contributed by atoms with Crippen LogP contribution in [0.4, 0.5) is 0 Å². The van der Waals surface area contributed by atoms with Crippen LogP contribution in [0.25, 0.3) is 0 Å². The fourth-order valence-corrected chi connectivity index (χ4v) is 2.80. The van der Waals surface area contributed by atoms with Gasteiger partial charge in [-0.05, 0) is 20.5 Å². The van der Waals surface area contributed by atoms with Gasteiger partial charge < -0.3 is 15.3 Å². The van der Waals surface area contributed by atoms with E-state index in [0.717, 1.165) is 13.1 Å². The Balaban J connectivity index is 2.24. The Hall–Kier alpha value is -0.200. The molecule has 5 nitrogen and oxygen atoms in total. The van der Waals surface area contributed by atoms with Crippen LogP contribution in [0.1, 0.15) is 12.8 Å². The van der Waals surface area contributed by atoms with Crippen molar-refractivity contribution in [3.8, 4) is 0 Å². The summed E-state index contributed by atoms with van der Waals surface area (Å²) in [4.78, 5) is 3.80. The summed E-state index contributed by atoms with van der Waals surface area (Å²) in [5.41, 5.74) is -1.01. The van der Waals surface area contributed by atoms with E-state index in [2.05, 4.69) is 4.90 Å². The molecule has 2 heterocycles. The lowest BCUT2D eigenvalue weighted by molar-refractivity contribution is -0.167. The van der Waals surface area contributed by atoms with Gasteiger partial charge in [-0.1, -0.05) is 0 Å². The molecule has 5 heteroatoms. The normalized spacial score (nSPS) is 47.2. The first kappa shape index (κ1) is 11.3. The molecular weight excluding hydrogens is 196 g/mol. The van der Waals surface area contributed by atoms with E-state index in [0.29, 0.717) is 12.8 Å². The van der Waals surface area contributed by atoms with E-state index in [4.69, 9.17) is 0 Å². The smallest absolute Gasteiger partial charge is 0.137 e. The second kappa shape index (κ2) is 3.68. The molecule has 0 amide bonds. The van der Waals surface area contributed by atoms with Gasteiger partial charge in [0.15, 0.2) is 0 Å². The van der Waals surface area contributed by atoms with Crippen molar-refractivity contribution < 1.29 is 15.3 Å². The predicted molar refractivity (Wildman–Crippen MR) is 55.2 cm³/mol. The number of rotatable bonds is 1. The van der Waals surface area contributed by atoms with Crippen molar-refractivity contribution in [3.05, 3.63) is 0 Å². The molecule has 0 bridgehead atoms. The van der Waals surface area contributed by atoms with Gasteiger partial charge in [0, 0.05) is 19.5 Å². The van der Waals surface area contributed by atoms with E-state index in [9.17, 15) is 15.3 Å². The molecule has 0 aromatic rings. The average molecular weight is 216 g/mol. The SMILES string of the molecule is CN(C)C1(O)CCN2CCC(O)C(O)C21. The summed E-state index contributed by atoms with van der Waals surface area (Å²) < 4.78 is 0. The van der Waals surface area contributed by atoms with Crippen LogP contribution < -0.4 is 0 Å². The van der Waals surface area contributed by atoms with Gasteiger partial charge in [0.1, 0.15) is 5.72 Å². The summed E-state index contributed by atoms with van der Waals surface area (Å²) in [6.07, 6.45) is -0.361. The molecule has 4 unspecified atom stereocenters. The number of likely N-dealkylation sites (N-methyl/N-ethyl adjacent to an activating group) is 1. The summed E-state index contributed by atoms with van der Waals surface area (Å²) in [5.74, 6) is 0. The second-order valence-corrected chi connectivity index (χ2v) is 4.85. The zero-order valence-electron chi connectivity index (χ0n) is 9.30. The molecule has 88 valence electrons. The van der Waals surface area contributed by atoms with E-state index < -0.39 is 17.9 Å². The van der Waals surface area contributed by atoms with Crippen LogP contribution in [0.5, 0.6) is 0 Å². The lowest BCUT2D eigenvalue weighted by atomic mass is 9.90. The molecule has 3 N–H and O–H groups in total. The van der Waals surface area contributed by atoms with E-state index in [-0.39, 0.29) is 6.04 Å². The van der Waals surface area contributed by atoms with E-state index >= 15 is 0 Å². The summed E-state index contributed by atoms with van der Waals surface area (Å²) in [6, 6.07) is -0.365. The van der Waals surface area contributed by atoms with Gasteiger partial charge in [0.25, 0.3) is 0 Å². The minimum absolute atomic E-state index is 0.365. The lowest BCUT2D eigenvalue weighted by Crippen LogP contribution is -2.64. The Morgan fingerprint density at radius 2 is 1.93 bits per heavy atom. The van der Waals surface area contributed by atoms with Crippen LogP contribution in [0.3, 0.4) is 0 Å². The van der Waals surface area contributed by atoms with Crippen LogP contribution in [0, 0.1) is 0 Å². The molecule has 0 aliphatic carbocycles. The number of aliphatic hydroxyl groups is 3. The largest absolute Gasteiger partial charge is 0.390 e. The first-order chi connectivity index (χ1) is 6.97. The van der Waals surface area contributed by atoms with Gasteiger partial charge in [-0.15, -0.1) is 0 Å². The molecule has 0 radical (unpaired) electrons. The third kappa shape index (κ3) is 1.59. The van der Waals surface area contributed by atoms with Crippen molar-refractivity contribution in [2.75, 3.05) is 27.2 Å². The van der Waals surface area contributed by atoms with E-state index in [1.54, 1.807) is 19.0 Å². The first-order valence-corrected chi connectivity index (χ1v) is 5.47. The maximum Gasteiger partial charge on any atom is 0.137 e. The van der Waals surface area contributed by atoms with Crippen molar-refractivity contribution >= 4 is 0 Å². The molecule has 0 aromatic heterocycles. The van der Waals surface area contributed by atoms with Gasteiger partial charge >= 0.3 is 0 Å². The fourth-order valence-electron chi connectivity index (χ4n) is 2.80. The number of aliphatic hydroxyl groups excluding tert-OH is 2. The molecule has 15 heavy (non-hydrogen) atoms. The number of fused-ring (bicyclic) bond motifs is 1. The van der Waals surface area contributed by atoms with Gasteiger partial charge in [-0.25, -0.2) is 0 Å². The van der Waals surface area contributed by atoms with Crippen LogP contribution in [0.2, 0.25) is 0 Å². The van der Waals surface area contributed by atoms with E-state index in [1.165, 1.54) is 0 Å². The van der Waals surface area contributed by atoms with E-state index in [1.807, 2.05) is 0 Å². The lowest BCUT2D eigenvalue weighted by Gasteiger charge is -2.45. The first-order valence-electron chi connectivity index (χ1n) is 5.47. The third-order valence-electron chi connectivity index (χ3n) is 3.84. The highest BCUT2D eigenvalue weighted by Crippen LogP contribution is 2.36. The number of hydrogen-bond donors (Lipinski definition) is 3. The monoisotopic (exact) mass is 216 g/mol. The molecule has 2 saturated heterocycles. The minimum atomic E-state index is -1.01. The number of nitrogens with zero attached hydrogens (tertiary/aromatic N) is 2. The Morgan fingerprint density at radius 1 is 1.27 bits per heavy atom. The molecule has 0 spiro atoms. The number of piperidine rings is 1. The Bertz CT molecular complexity index is 249. The molecular formula is C10H20N2O3. The van der Waals surface area contributed by atoms with Gasteiger partial charge in [0.05, 0.1) is 18.2 Å². The molecule has 2 aliphatic heterocycles. The summed E-state index contributed by atoms with van der Waals surface area (Å²) in [5, 5.41) is 30.1. The zero-order chi connectivity index (χ0) is 11.2. The fraction of sp³-hybridized carbons (Fsp3) is 1.00. The minimum Gasteiger partial charge on any atom is -0.390 e. The highest BCUT2D eigenvalue weighted by molar-refractivity contribution is 5.05. The highest BCUT2D eigenvalue weighted by atomic mass is 16.3. The quantitative estimate of drug-likeness (QED) is 0.462. The molecule has 2 aliphatic rings. The van der Waals surface area contributed by atoms with Crippen molar-refractivity contribution in [1.29, 1.82) is 0 Å². The van der Waals surface area contributed by atoms with Crippen molar-refractivity contribution in [2.24, 2.45) is 0 Å². The van der Waals surface area contributed by atoms with Gasteiger partial charge in [-0.2, -0.15) is 0 Å². The summed E-state index contributed by atoms with van der Waals surface area (Å²) in [7, 11) is 3.61. The average Bonchev–Trinajstić information content (AvgIpc) is 2.52. The predicted octanol–water partition coefficient (Wildman–Crippen LogP) is -1.56. The van der Waals surface area contributed by atoms with Crippen molar-refractivity contribution in [1.82, 2.24) is 9.80 Å². The topological polar surface area (TPSA) is 67.2 Å². The van der Waals surface area contributed by atoms with Gasteiger partial charge in [0.2, 0.25) is 0 Å².